The smallest absolute Gasteiger partial charge is 0.407 e. The van der Waals surface area contributed by atoms with Crippen LogP contribution in [0.4, 0.5) is 4.79 Å². The molecule has 1 aromatic rings. The van der Waals surface area contributed by atoms with Crippen molar-refractivity contribution in [2.45, 2.75) is 31.0 Å². The minimum absolute atomic E-state index is 0.0177. The van der Waals surface area contributed by atoms with Crippen molar-refractivity contribution in [3.63, 3.8) is 0 Å². The number of phenolic OH excluding ortho intramolecular Hbond substituents is 1. The number of Topliss-reactive ketones (excluding diaryl/α,β-unsaturated/α-hetero) is 2. The third kappa shape index (κ3) is 3.75. The number of ketones is 2. The number of allylic oxidation sites excluding steroid dienone is 1. The first-order chi connectivity index (χ1) is 17.8. The fourth-order valence-electron chi connectivity index (χ4n) is 6.03. The zero-order chi connectivity index (χ0) is 28.3. The van der Waals surface area contributed by atoms with Crippen LogP contribution in [0.25, 0.3) is 0 Å². The van der Waals surface area contributed by atoms with E-state index in [1.54, 1.807) is 14.1 Å². The first kappa shape index (κ1) is 26.9. The van der Waals surface area contributed by atoms with Gasteiger partial charge < -0.3 is 36.2 Å². The molecule has 12 heteroatoms. The quantitative estimate of drug-likeness (QED) is 0.227. The Hall–Kier alpha value is -4.16. The minimum Gasteiger partial charge on any atom is -0.510 e. The van der Waals surface area contributed by atoms with Gasteiger partial charge in [-0.1, -0.05) is 12.1 Å². The lowest BCUT2D eigenvalue weighted by molar-refractivity contribution is -0.148. The number of hydrogen-bond donors (Lipinski definition) is 6. The number of likely N-dealkylation sites (N-methyl/N-ethyl adjacent to an activating group) is 1. The number of aromatic hydroxyl groups is 1. The molecule has 0 fully saturated rings. The van der Waals surface area contributed by atoms with Crippen LogP contribution in [0.3, 0.4) is 0 Å². The number of carbonyl (C=O) groups is 4. The number of fused-ring (bicyclic) bond motifs is 3. The van der Waals surface area contributed by atoms with Crippen molar-refractivity contribution in [1.29, 1.82) is 0 Å². The van der Waals surface area contributed by atoms with E-state index in [0.717, 1.165) is 4.90 Å². The van der Waals surface area contributed by atoms with Gasteiger partial charge in [-0.2, -0.15) is 0 Å². The van der Waals surface area contributed by atoms with Crippen LogP contribution in [0, 0.1) is 11.8 Å². The number of aliphatic hydroxyl groups excluding tert-OH is 2. The van der Waals surface area contributed by atoms with Crippen LogP contribution in [0.2, 0.25) is 0 Å². The van der Waals surface area contributed by atoms with Gasteiger partial charge in [0.15, 0.2) is 11.4 Å². The van der Waals surface area contributed by atoms with Gasteiger partial charge in [-0.15, -0.1) is 6.58 Å². The maximum absolute atomic E-state index is 13.7. The van der Waals surface area contributed by atoms with E-state index in [0.29, 0.717) is 11.1 Å². The number of nitrogens with two attached hydrogens (primary N) is 1. The number of carbonyl (C=O) groups excluding carboxylic acids is 3. The van der Waals surface area contributed by atoms with Gasteiger partial charge in [-0.3, -0.25) is 19.3 Å². The summed E-state index contributed by atoms with van der Waals surface area (Å²) in [6.07, 6.45) is 0.210. The normalized spacial score (nSPS) is 26.6. The van der Waals surface area contributed by atoms with E-state index in [-0.39, 0.29) is 37.1 Å². The molecule has 0 saturated heterocycles. The Morgan fingerprint density at radius 1 is 1.21 bits per heavy atom. The molecule has 2 amide bonds. The van der Waals surface area contributed by atoms with E-state index in [1.807, 2.05) is 0 Å². The molecule has 4 rings (SSSR count). The Labute approximate surface area is 217 Å². The molecule has 7 N–H and O–H groups in total. The average Bonchev–Trinajstić information content (AvgIpc) is 2.82. The average molecular weight is 528 g/mol. The minimum atomic E-state index is -2.72. The molecule has 38 heavy (non-hydrogen) atoms. The number of nitrogens with zero attached hydrogens (tertiary/aromatic N) is 2. The highest BCUT2D eigenvalue weighted by molar-refractivity contribution is 6.24. The summed E-state index contributed by atoms with van der Waals surface area (Å²) in [6, 6.07) is 1.64. The SMILES string of the molecule is C=CCN(Cc1ccc(O)c2c1C[C@H]1CC3[C@H](N(C)C)C(O)=C(C(N)=O)C(=O)[C@@]3(O)C(O)=C1C2=O)C(=O)O. The second-order valence-corrected chi connectivity index (χ2v) is 10.0. The zero-order valence-electron chi connectivity index (χ0n) is 20.8. The van der Waals surface area contributed by atoms with E-state index in [1.165, 1.54) is 23.1 Å². The van der Waals surface area contributed by atoms with E-state index >= 15 is 0 Å². The number of carboxylic acid groups (broad SMARTS) is 1. The lowest BCUT2D eigenvalue weighted by Gasteiger charge is -2.50. The molecule has 0 aliphatic heterocycles. The van der Waals surface area contributed by atoms with Crippen LogP contribution in [0.1, 0.15) is 27.9 Å². The van der Waals surface area contributed by atoms with Gasteiger partial charge in [-0.25, -0.2) is 4.79 Å². The Bertz CT molecular complexity index is 1350. The molecule has 0 aromatic heterocycles. The summed E-state index contributed by atoms with van der Waals surface area (Å²) >= 11 is 0. The molecular weight excluding hydrogens is 498 g/mol. The number of benzene rings is 1. The zero-order valence-corrected chi connectivity index (χ0v) is 20.8. The molecule has 0 saturated carbocycles. The molecule has 0 radical (unpaired) electrons. The van der Waals surface area contributed by atoms with E-state index in [9.17, 15) is 44.7 Å². The molecule has 4 atom stereocenters. The highest BCUT2D eigenvalue weighted by Gasteiger charge is 2.63. The summed E-state index contributed by atoms with van der Waals surface area (Å²) in [5.41, 5.74) is 2.10. The molecule has 202 valence electrons. The number of phenols is 1. The van der Waals surface area contributed by atoms with Crippen LogP contribution >= 0.6 is 0 Å². The second kappa shape index (κ2) is 9.30. The first-order valence-corrected chi connectivity index (χ1v) is 11.8. The van der Waals surface area contributed by atoms with Gasteiger partial charge in [-0.05, 0) is 50.0 Å². The molecule has 0 heterocycles. The summed E-state index contributed by atoms with van der Waals surface area (Å²) in [6.45, 7) is 3.47. The van der Waals surface area contributed by atoms with Gasteiger partial charge in [0.25, 0.3) is 5.91 Å². The van der Waals surface area contributed by atoms with Crippen molar-refractivity contribution in [1.82, 2.24) is 9.80 Å². The number of rotatable bonds is 6. The number of primary amides is 1. The second-order valence-electron chi connectivity index (χ2n) is 10.0. The fourth-order valence-corrected chi connectivity index (χ4v) is 6.03. The van der Waals surface area contributed by atoms with Crippen molar-refractivity contribution >= 4 is 23.6 Å². The highest BCUT2D eigenvalue weighted by Crippen LogP contribution is 2.52. The van der Waals surface area contributed by atoms with Gasteiger partial charge in [0, 0.05) is 24.6 Å². The summed E-state index contributed by atoms with van der Waals surface area (Å²) in [4.78, 5) is 53.3. The van der Waals surface area contributed by atoms with Crippen LogP contribution in [0.15, 0.2) is 47.5 Å². The highest BCUT2D eigenvalue weighted by atomic mass is 16.4. The topological polar surface area (TPSA) is 202 Å². The molecule has 3 aliphatic carbocycles. The summed E-state index contributed by atoms with van der Waals surface area (Å²) in [5, 5.41) is 53.8. The molecule has 1 unspecified atom stereocenters. The maximum atomic E-state index is 13.7. The molecule has 1 aromatic carbocycles. The number of amides is 2. The summed E-state index contributed by atoms with van der Waals surface area (Å²) < 4.78 is 0. The fraction of sp³-hybridized carbons (Fsp3) is 0.385. The standard InChI is InChI=1S/C26H29N3O9/c1-4-7-29(25(36)37)10-11-5-6-15(30)17-13(11)8-12-9-14-19(28(2)3)21(32)18(24(27)35)23(34)26(14,38)22(33)16(12)20(17)31/h4-6,12,14,19,30,32-33,38H,1,7-10H2,2-3H3,(H2,27,35)(H,36,37)/t12-,14?,19-,26-/m0/s1. The van der Waals surface area contributed by atoms with Crippen LogP contribution in [0.5, 0.6) is 5.75 Å². The van der Waals surface area contributed by atoms with Crippen LogP contribution < -0.4 is 5.73 Å². The lowest BCUT2D eigenvalue weighted by atomic mass is 9.58. The van der Waals surface area contributed by atoms with E-state index in [4.69, 9.17) is 5.73 Å². The molecular formula is C26H29N3O9. The van der Waals surface area contributed by atoms with Crippen molar-refractivity contribution in [3.8, 4) is 5.75 Å². The Balaban J connectivity index is 1.90. The Morgan fingerprint density at radius 2 is 1.87 bits per heavy atom. The molecule has 12 nitrogen and oxygen atoms in total. The van der Waals surface area contributed by atoms with Gasteiger partial charge in [0.05, 0.1) is 11.6 Å². The lowest BCUT2D eigenvalue weighted by Crippen LogP contribution is -2.63. The molecule has 0 bridgehead atoms. The maximum Gasteiger partial charge on any atom is 0.407 e. The van der Waals surface area contributed by atoms with Crippen molar-refractivity contribution in [2.24, 2.45) is 17.6 Å². The van der Waals surface area contributed by atoms with Crippen molar-refractivity contribution < 1.29 is 44.7 Å². The monoisotopic (exact) mass is 527 g/mol. The number of hydrogen-bond acceptors (Lipinski definition) is 9. The largest absolute Gasteiger partial charge is 0.510 e. The van der Waals surface area contributed by atoms with Crippen molar-refractivity contribution in [2.75, 3.05) is 20.6 Å². The number of aliphatic hydroxyl groups is 3. The third-order valence-electron chi connectivity index (χ3n) is 7.68. The summed E-state index contributed by atoms with van der Waals surface area (Å²) in [7, 11) is 3.09. The summed E-state index contributed by atoms with van der Waals surface area (Å²) in [5.74, 6) is -7.36. The van der Waals surface area contributed by atoms with E-state index < -0.39 is 69.9 Å². The van der Waals surface area contributed by atoms with Crippen LogP contribution in [-0.4, -0.2) is 91.2 Å². The van der Waals surface area contributed by atoms with Crippen LogP contribution in [-0.2, 0) is 22.6 Å². The van der Waals surface area contributed by atoms with E-state index in [2.05, 4.69) is 6.58 Å². The van der Waals surface area contributed by atoms with Crippen molar-refractivity contribution in [3.05, 3.63) is 64.1 Å². The van der Waals surface area contributed by atoms with Gasteiger partial charge in [0.1, 0.15) is 22.8 Å². The van der Waals surface area contributed by atoms with Gasteiger partial charge in [0.2, 0.25) is 5.78 Å². The predicted molar refractivity (Wildman–Crippen MR) is 132 cm³/mol. The molecule has 0 spiro atoms. The Kier molecular flexibility index (Phi) is 6.58. The molecule has 3 aliphatic rings. The first-order valence-electron chi connectivity index (χ1n) is 11.8. The third-order valence-corrected chi connectivity index (χ3v) is 7.68. The predicted octanol–water partition coefficient (Wildman–Crippen LogP) is 0.787. The van der Waals surface area contributed by atoms with Gasteiger partial charge >= 0.3 is 6.09 Å². The Morgan fingerprint density at radius 3 is 2.42 bits per heavy atom.